The van der Waals surface area contributed by atoms with Gasteiger partial charge in [0.2, 0.25) is 5.91 Å². The summed E-state index contributed by atoms with van der Waals surface area (Å²) in [6.45, 7) is 3.73. The second-order valence-electron chi connectivity index (χ2n) is 3.08. The SMILES string of the molecule is CC1=CCN(C(=O)CCCl)CC1. The van der Waals surface area contributed by atoms with E-state index in [0.29, 0.717) is 12.3 Å². The third-order valence-corrected chi connectivity index (χ3v) is 2.29. The minimum absolute atomic E-state index is 0.175. The molecule has 0 atom stereocenters. The number of halogens is 1. The van der Waals surface area contributed by atoms with Crippen molar-refractivity contribution >= 4 is 17.5 Å². The zero-order valence-electron chi connectivity index (χ0n) is 7.35. The zero-order chi connectivity index (χ0) is 8.97. The van der Waals surface area contributed by atoms with Gasteiger partial charge in [-0.2, -0.15) is 0 Å². The van der Waals surface area contributed by atoms with Crippen LogP contribution >= 0.6 is 11.6 Å². The van der Waals surface area contributed by atoms with Crippen LogP contribution in [0.2, 0.25) is 0 Å². The number of rotatable bonds is 2. The second kappa shape index (κ2) is 4.51. The van der Waals surface area contributed by atoms with Crippen LogP contribution in [0.3, 0.4) is 0 Å². The molecule has 0 N–H and O–H groups in total. The number of hydrogen-bond donors (Lipinski definition) is 0. The predicted molar refractivity (Wildman–Crippen MR) is 50.3 cm³/mol. The van der Waals surface area contributed by atoms with E-state index in [1.54, 1.807) is 0 Å². The first kappa shape index (κ1) is 9.59. The van der Waals surface area contributed by atoms with Crippen molar-refractivity contribution in [2.75, 3.05) is 19.0 Å². The van der Waals surface area contributed by atoms with Crippen molar-refractivity contribution in [1.29, 1.82) is 0 Å². The van der Waals surface area contributed by atoms with E-state index in [2.05, 4.69) is 13.0 Å². The lowest BCUT2D eigenvalue weighted by Crippen LogP contribution is -2.34. The summed E-state index contributed by atoms with van der Waals surface area (Å²) in [7, 11) is 0. The molecular formula is C9H14ClNO. The molecule has 0 aliphatic carbocycles. The Morgan fingerprint density at radius 3 is 3.00 bits per heavy atom. The van der Waals surface area contributed by atoms with E-state index >= 15 is 0 Å². The number of hydrogen-bond acceptors (Lipinski definition) is 1. The van der Waals surface area contributed by atoms with E-state index in [1.165, 1.54) is 5.57 Å². The highest BCUT2D eigenvalue weighted by molar-refractivity contribution is 6.18. The molecule has 3 heteroatoms. The van der Waals surface area contributed by atoms with Gasteiger partial charge in [0.05, 0.1) is 0 Å². The normalized spacial score (nSPS) is 17.5. The number of carbonyl (C=O) groups excluding carboxylic acids is 1. The average Bonchev–Trinajstić information content (AvgIpc) is 2.06. The van der Waals surface area contributed by atoms with Gasteiger partial charge >= 0.3 is 0 Å². The Bertz CT molecular complexity index is 201. The van der Waals surface area contributed by atoms with Crippen molar-refractivity contribution < 1.29 is 4.79 Å². The van der Waals surface area contributed by atoms with Gasteiger partial charge in [0, 0.05) is 25.4 Å². The first-order valence-corrected chi connectivity index (χ1v) is 4.77. The summed E-state index contributed by atoms with van der Waals surface area (Å²) >= 11 is 5.48. The largest absolute Gasteiger partial charge is 0.339 e. The van der Waals surface area contributed by atoms with Crippen LogP contribution in [-0.4, -0.2) is 29.8 Å². The molecule has 0 spiro atoms. The van der Waals surface area contributed by atoms with Gasteiger partial charge in [-0.3, -0.25) is 4.79 Å². The fraction of sp³-hybridized carbons (Fsp3) is 0.667. The lowest BCUT2D eigenvalue weighted by atomic mass is 10.1. The highest BCUT2D eigenvalue weighted by Gasteiger charge is 2.14. The molecule has 68 valence electrons. The number of nitrogens with zero attached hydrogens (tertiary/aromatic N) is 1. The molecule has 0 saturated carbocycles. The van der Waals surface area contributed by atoms with Crippen molar-refractivity contribution in [3.63, 3.8) is 0 Å². The van der Waals surface area contributed by atoms with Crippen LogP contribution in [0.4, 0.5) is 0 Å². The Morgan fingerprint density at radius 1 is 1.75 bits per heavy atom. The molecule has 12 heavy (non-hydrogen) atoms. The van der Waals surface area contributed by atoms with Gasteiger partial charge in [0.1, 0.15) is 0 Å². The van der Waals surface area contributed by atoms with Crippen LogP contribution in [0.5, 0.6) is 0 Å². The number of alkyl halides is 1. The third kappa shape index (κ3) is 2.52. The van der Waals surface area contributed by atoms with Crippen LogP contribution in [0.25, 0.3) is 0 Å². The van der Waals surface area contributed by atoms with Gasteiger partial charge in [-0.05, 0) is 13.3 Å². The third-order valence-electron chi connectivity index (χ3n) is 2.10. The van der Waals surface area contributed by atoms with E-state index in [-0.39, 0.29) is 5.91 Å². The Balaban J connectivity index is 2.40. The van der Waals surface area contributed by atoms with Crippen LogP contribution in [0.15, 0.2) is 11.6 Å². The van der Waals surface area contributed by atoms with E-state index in [4.69, 9.17) is 11.6 Å². The first-order chi connectivity index (χ1) is 5.74. The average molecular weight is 188 g/mol. The summed E-state index contributed by atoms with van der Waals surface area (Å²) in [5.74, 6) is 0.603. The van der Waals surface area contributed by atoms with Gasteiger partial charge in [0.25, 0.3) is 0 Å². The molecule has 0 radical (unpaired) electrons. The Morgan fingerprint density at radius 2 is 2.50 bits per heavy atom. The van der Waals surface area contributed by atoms with Gasteiger partial charge < -0.3 is 4.90 Å². The van der Waals surface area contributed by atoms with Crippen LogP contribution in [-0.2, 0) is 4.79 Å². The van der Waals surface area contributed by atoms with Crippen molar-refractivity contribution in [2.45, 2.75) is 19.8 Å². The standard InChI is InChI=1S/C9H14ClNO/c1-8-3-6-11(7-4-8)9(12)2-5-10/h3H,2,4-7H2,1H3. The van der Waals surface area contributed by atoms with Gasteiger partial charge in [-0.25, -0.2) is 0 Å². The van der Waals surface area contributed by atoms with Gasteiger partial charge in [0.15, 0.2) is 0 Å². The molecule has 1 amide bonds. The highest BCUT2D eigenvalue weighted by Crippen LogP contribution is 2.10. The maximum Gasteiger partial charge on any atom is 0.224 e. The molecule has 1 heterocycles. The zero-order valence-corrected chi connectivity index (χ0v) is 8.10. The molecule has 0 bridgehead atoms. The summed E-state index contributed by atoms with van der Waals surface area (Å²) in [6.07, 6.45) is 3.58. The smallest absolute Gasteiger partial charge is 0.224 e. The van der Waals surface area contributed by atoms with E-state index in [0.717, 1.165) is 19.5 Å². The van der Waals surface area contributed by atoms with E-state index in [9.17, 15) is 4.79 Å². The fourth-order valence-corrected chi connectivity index (χ4v) is 1.40. The maximum absolute atomic E-state index is 11.3. The van der Waals surface area contributed by atoms with Crippen molar-refractivity contribution in [3.05, 3.63) is 11.6 Å². The lowest BCUT2D eigenvalue weighted by Gasteiger charge is -2.25. The highest BCUT2D eigenvalue weighted by atomic mass is 35.5. The Hall–Kier alpha value is -0.500. The lowest BCUT2D eigenvalue weighted by molar-refractivity contribution is -0.130. The molecule has 0 unspecified atom stereocenters. The van der Waals surface area contributed by atoms with Crippen molar-refractivity contribution in [3.8, 4) is 0 Å². The van der Waals surface area contributed by atoms with Crippen LogP contribution in [0.1, 0.15) is 19.8 Å². The number of amides is 1. The molecule has 0 aromatic rings. The minimum Gasteiger partial charge on any atom is -0.339 e. The molecular weight excluding hydrogens is 174 g/mol. The summed E-state index contributed by atoms with van der Waals surface area (Å²) in [5, 5.41) is 0. The molecule has 1 aliphatic rings. The quantitative estimate of drug-likeness (QED) is 0.477. The topological polar surface area (TPSA) is 20.3 Å². The van der Waals surface area contributed by atoms with Gasteiger partial charge in [-0.15, -0.1) is 11.6 Å². The Kier molecular flexibility index (Phi) is 3.60. The molecule has 0 saturated heterocycles. The Labute approximate surface area is 78.2 Å². The molecule has 0 aromatic carbocycles. The molecule has 0 fully saturated rings. The van der Waals surface area contributed by atoms with Crippen molar-refractivity contribution in [1.82, 2.24) is 4.90 Å². The fourth-order valence-electron chi connectivity index (χ4n) is 1.24. The summed E-state index contributed by atoms with van der Waals surface area (Å²) < 4.78 is 0. The minimum atomic E-state index is 0.175. The molecule has 1 rings (SSSR count). The number of carbonyl (C=O) groups is 1. The van der Waals surface area contributed by atoms with Crippen LogP contribution in [0, 0.1) is 0 Å². The van der Waals surface area contributed by atoms with Crippen LogP contribution < -0.4 is 0 Å². The monoisotopic (exact) mass is 187 g/mol. The summed E-state index contributed by atoms with van der Waals surface area (Å²) in [4.78, 5) is 13.2. The van der Waals surface area contributed by atoms with E-state index in [1.807, 2.05) is 4.90 Å². The summed E-state index contributed by atoms with van der Waals surface area (Å²) in [6, 6.07) is 0. The molecule has 1 aliphatic heterocycles. The maximum atomic E-state index is 11.3. The van der Waals surface area contributed by atoms with Gasteiger partial charge in [-0.1, -0.05) is 11.6 Å². The molecule has 2 nitrogen and oxygen atoms in total. The second-order valence-corrected chi connectivity index (χ2v) is 3.46. The van der Waals surface area contributed by atoms with Crippen molar-refractivity contribution in [2.24, 2.45) is 0 Å². The first-order valence-electron chi connectivity index (χ1n) is 4.23. The van der Waals surface area contributed by atoms with E-state index < -0.39 is 0 Å². The predicted octanol–water partition coefficient (Wildman–Crippen LogP) is 1.79. The molecule has 0 aromatic heterocycles. The summed E-state index contributed by atoms with van der Waals surface area (Å²) in [5.41, 5.74) is 1.38.